The lowest BCUT2D eigenvalue weighted by Crippen LogP contribution is -2.40. The third-order valence-electron chi connectivity index (χ3n) is 4.34. The number of ether oxygens (including phenoxy) is 2. The number of pyridine rings is 1. The lowest BCUT2D eigenvalue weighted by molar-refractivity contribution is -0.155. The number of methoxy groups -OCH3 is 1. The number of hydrogen-bond donors (Lipinski definition) is 2. The first-order valence-corrected chi connectivity index (χ1v) is 8.25. The Balaban J connectivity index is 1.82. The number of rotatable bonds is 6. The van der Waals surface area contributed by atoms with Gasteiger partial charge in [0.2, 0.25) is 0 Å². The zero-order valence-electron chi connectivity index (χ0n) is 14.7. The van der Waals surface area contributed by atoms with E-state index in [2.05, 4.69) is 9.88 Å². The molecule has 1 saturated heterocycles. The van der Waals surface area contributed by atoms with Gasteiger partial charge in [-0.2, -0.15) is 0 Å². The molecular formula is C17H28N4O3. The highest BCUT2D eigenvalue weighted by atomic mass is 16.5. The fourth-order valence-corrected chi connectivity index (χ4v) is 2.69. The summed E-state index contributed by atoms with van der Waals surface area (Å²) in [4.78, 5) is 18.3. The van der Waals surface area contributed by atoms with Gasteiger partial charge in [-0.25, -0.2) is 4.98 Å². The first-order valence-electron chi connectivity index (χ1n) is 8.25. The van der Waals surface area contributed by atoms with Crippen molar-refractivity contribution in [1.29, 1.82) is 0 Å². The van der Waals surface area contributed by atoms with Crippen LogP contribution in [-0.2, 0) is 14.3 Å². The van der Waals surface area contributed by atoms with Crippen LogP contribution in [-0.4, -0.2) is 43.9 Å². The van der Waals surface area contributed by atoms with Crippen molar-refractivity contribution in [3.05, 3.63) is 23.9 Å². The van der Waals surface area contributed by atoms with Crippen LogP contribution in [0.1, 0.15) is 38.4 Å². The SMILES string of the molecule is COC(=O)C(C)(C)COC1CCN(c2ccc(C(N)N)cn2)CC1. The van der Waals surface area contributed by atoms with Crippen LogP contribution in [0.4, 0.5) is 5.82 Å². The summed E-state index contributed by atoms with van der Waals surface area (Å²) < 4.78 is 10.7. The summed E-state index contributed by atoms with van der Waals surface area (Å²) in [6, 6.07) is 3.86. The molecule has 2 heterocycles. The van der Waals surface area contributed by atoms with Crippen LogP contribution in [0.15, 0.2) is 18.3 Å². The first kappa shape index (κ1) is 18.6. The van der Waals surface area contributed by atoms with Crippen LogP contribution in [0.25, 0.3) is 0 Å². The predicted molar refractivity (Wildman–Crippen MR) is 92.3 cm³/mol. The monoisotopic (exact) mass is 336 g/mol. The Labute approximate surface area is 143 Å². The molecule has 4 N–H and O–H groups in total. The molecule has 1 aromatic rings. The van der Waals surface area contributed by atoms with E-state index in [1.165, 1.54) is 7.11 Å². The van der Waals surface area contributed by atoms with Crippen molar-refractivity contribution in [1.82, 2.24) is 4.98 Å². The number of hydrogen-bond acceptors (Lipinski definition) is 7. The van der Waals surface area contributed by atoms with Gasteiger partial charge in [-0.3, -0.25) is 4.79 Å². The lowest BCUT2D eigenvalue weighted by Gasteiger charge is -2.34. The highest BCUT2D eigenvalue weighted by Gasteiger charge is 2.31. The van der Waals surface area contributed by atoms with E-state index < -0.39 is 11.6 Å². The van der Waals surface area contributed by atoms with Gasteiger partial charge >= 0.3 is 5.97 Å². The van der Waals surface area contributed by atoms with Crippen molar-refractivity contribution in [2.24, 2.45) is 16.9 Å². The van der Waals surface area contributed by atoms with Gasteiger partial charge in [0.05, 0.1) is 31.4 Å². The summed E-state index contributed by atoms with van der Waals surface area (Å²) in [5.41, 5.74) is 11.5. The summed E-state index contributed by atoms with van der Waals surface area (Å²) in [6.07, 6.45) is 3.18. The molecular weight excluding hydrogens is 308 g/mol. The van der Waals surface area contributed by atoms with E-state index >= 15 is 0 Å². The van der Waals surface area contributed by atoms with E-state index in [9.17, 15) is 4.79 Å². The summed E-state index contributed by atoms with van der Waals surface area (Å²) >= 11 is 0. The van der Waals surface area contributed by atoms with Crippen LogP contribution in [0.3, 0.4) is 0 Å². The molecule has 1 aromatic heterocycles. The number of aromatic nitrogens is 1. The average molecular weight is 336 g/mol. The molecule has 0 aliphatic carbocycles. The molecule has 0 radical (unpaired) electrons. The Morgan fingerprint density at radius 2 is 2.04 bits per heavy atom. The van der Waals surface area contributed by atoms with Gasteiger partial charge in [-0.15, -0.1) is 0 Å². The minimum Gasteiger partial charge on any atom is -0.469 e. The average Bonchev–Trinajstić information content (AvgIpc) is 2.59. The minimum atomic E-state index is -0.621. The van der Waals surface area contributed by atoms with Gasteiger partial charge in [0.1, 0.15) is 5.82 Å². The fourth-order valence-electron chi connectivity index (χ4n) is 2.69. The third kappa shape index (κ3) is 4.66. The minimum absolute atomic E-state index is 0.155. The van der Waals surface area contributed by atoms with Crippen molar-refractivity contribution in [2.75, 3.05) is 31.7 Å². The van der Waals surface area contributed by atoms with Crippen LogP contribution in [0.2, 0.25) is 0 Å². The van der Waals surface area contributed by atoms with Gasteiger partial charge in [-0.05, 0) is 32.8 Å². The molecule has 2 rings (SSSR count). The fraction of sp³-hybridized carbons (Fsp3) is 0.647. The van der Waals surface area contributed by atoms with Crippen LogP contribution < -0.4 is 16.4 Å². The number of anilines is 1. The van der Waals surface area contributed by atoms with E-state index in [1.807, 2.05) is 26.0 Å². The molecule has 7 heteroatoms. The van der Waals surface area contributed by atoms with E-state index in [-0.39, 0.29) is 12.1 Å². The normalized spacial score (nSPS) is 16.5. The molecule has 0 spiro atoms. The Bertz CT molecular complexity index is 537. The number of esters is 1. The smallest absolute Gasteiger partial charge is 0.313 e. The van der Waals surface area contributed by atoms with Crippen molar-refractivity contribution >= 4 is 11.8 Å². The van der Waals surface area contributed by atoms with Gasteiger partial charge in [0, 0.05) is 24.8 Å². The maximum Gasteiger partial charge on any atom is 0.313 e. The maximum absolute atomic E-state index is 11.7. The largest absolute Gasteiger partial charge is 0.469 e. The highest BCUT2D eigenvalue weighted by molar-refractivity contribution is 5.75. The lowest BCUT2D eigenvalue weighted by atomic mass is 9.95. The number of carbonyl (C=O) groups excluding carboxylic acids is 1. The van der Waals surface area contributed by atoms with Crippen molar-refractivity contribution in [2.45, 2.75) is 39.0 Å². The number of piperidine rings is 1. The van der Waals surface area contributed by atoms with Crippen LogP contribution >= 0.6 is 0 Å². The summed E-state index contributed by atoms with van der Waals surface area (Å²) in [5.74, 6) is 0.676. The molecule has 1 fully saturated rings. The second kappa shape index (κ2) is 7.92. The van der Waals surface area contributed by atoms with Gasteiger partial charge in [0.25, 0.3) is 0 Å². The Hall–Kier alpha value is -1.70. The molecule has 134 valence electrons. The predicted octanol–water partition coefficient (Wildman–Crippen LogP) is 1.18. The van der Waals surface area contributed by atoms with Crippen molar-refractivity contribution < 1.29 is 14.3 Å². The third-order valence-corrected chi connectivity index (χ3v) is 4.34. The molecule has 0 bridgehead atoms. The second-order valence-electron chi connectivity index (χ2n) is 6.85. The number of nitrogens with two attached hydrogens (primary N) is 2. The van der Waals surface area contributed by atoms with E-state index in [0.29, 0.717) is 6.61 Å². The van der Waals surface area contributed by atoms with Gasteiger partial charge in [0.15, 0.2) is 0 Å². The topological polar surface area (TPSA) is 104 Å². The summed E-state index contributed by atoms with van der Waals surface area (Å²) in [7, 11) is 1.40. The quantitative estimate of drug-likeness (QED) is 0.594. The van der Waals surface area contributed by atoms with Crippen molar-refractivity contribution in [3.8, 4) is 0 Å². The molecule has 0 saturated carbocycles. The van der Waals surface area contributed by atoms with Crippen LogP contribution in [0, 0.1) is 5.41 Å². The van der Waals surface area contributed by atoms with Gasteiger partial charge in [-0.1, -0.05) is 6.07 Å². The molecule has 1 aliphatic rings. The van der Waals surface area contributed by atoms with E-state index in [0.717, 1.165) is 37.3 Å². The van der Waals surface area contributed by atoms with E-state index in [4.69, 9.17) is 20.9 Å². The molecule has 0 amide bonds. The Morgan fingerprint density at radius 1 is 1.38 bits per heavy atom. The standard InChI is InChI=1S/C17H28N4O3/c1-17(2,16(22)23-3)11-24-13-6-8-21(9-7-13)14-5-4-12(10-20-14)15(18)19/h4-5,10,13,15H,6-9,11,18-19H2,1-3H3. The molecule has 0 unspecified atom stereocenters. The molecule has 24 heavy (non-hydrogen) atoms. The number of carbonyl (C=O) groups is 1. The molecule has 0 aromatic carbocycles. The Kier molecular flexibility index (Phi) is 6.15. The van der Waals surface area contributed by atoms with E-state index in [1.54, 1.807) is 6.20 Å². The summed E-state index contributed by atoms with van der Waals surface area (Å²) in [6.45, 7) is 5.77. The summed E-state index contributed by atoms with van der Waals surface area (Å²) in [5, 5.41) is 0. The van der Waals surface area contributed by atoms with Gasteiger partial charge < -0.3 is 25.8 Å². The zero-order valence-corrected chi connectivity index (χ0v) is 14.7. The Morgan fingerprint density at radius 3 is 2.54 bits per heavy atom. The first-order chi connectivity index (χ1) is 11.3. The maximum atomic E-state index is 11.7. The van der Waals surface area contributed by atoms with Crippen LogP contribution in [0.5, 0.6) is 0 Å². The second-order valence-corrected chi connectivity index (χ2v) is 6.85. The molecule has 1 aliphatic heterocycles. The molecule has 0 atom stereocenters. The highest BCUT2D eigenvalue weighted by Crippen LogP contribution is 2.23. The number of nitrogens with zero attached hydrogens (tertiary/aromatic N) is 2. The van der Waals surface area contributed by atoms with Crippen molar-refractivity contribution in [3.63, 3.8) is 0 Å². The molecule has 7 nitrogen and oxygen atoms in total. The zero-order chi connectivity index (χ0) is 17.7.